The third-order valence-electron chi connectivity index (χ3n) is 5.36. The highest BCUT2D eigenvalue weighted by Crippen LogP contribution is 2.45. The van der Waals surface area contributed by atoms with E-state index in [4.69, 9.17) is 0 Å². The molecule has 1 saturated heterocycles. The molecular weight excluding hydrogens is 314 g/mol. The Morgan fingerprint density at radius 2 is 2.08 bits per heavy atom. The molecule has 1 aliphatic heterocycles. The molecule has 0 atom stereocenters. The van der Waals surface area contributed by atoms with E-state index < -0.39 is 0 Å². The van der Waals surface area contributed by atoms with Crippen LogP contribution in [-0.4, -0.2) is 85.5 Å². The predicted molar refractivity (Wildman–Crippen MR) is 99.2 cm³/mol. The lowest BCUT2D eigenvalue weighted by molar-refractivity contribution is -0.122. The number of amides is 1. The smallest absolute Gasteiger partial charge is 0.234 e. The van der Waals surface area contributed by atoms with Crippen LogP contribution in [0.25, 0.3) is 0 Å². The molecule has 3 rings (SSSR count). The highest BCUT2D eigenvalue weighted by molar-refractivity contribution is 5.78. The number of carbonyl (C=O) groups excluding carboxylic acids is 1. The number of nitrogens with zero attached hydrogens (tertiary/aromatic N) is 4. The van der Waals surface area contributed by atoms with Gasteiger partial charge in [-0.2, -0.15) is 0 Å². The van der Waals surface area contributed by atoms with E-state index in [1.54, 1.807) is 6.20 Å². The summed E-state index contributed by atoms with van der Waals surface area (Å²) >= 11 is 0. The molecule has 2 aliphatic rings. The Morgan fingerprint density at radius 3 is 2.72 bits per heavy atom. The SMILES string of the molecule is CN1CCN(CC2(CNC(=O)CN(C)Cc3cccnc3)CC2)CC1. The normalized spacial score (nSPS) is 20.6. The van der Waals surface area contributed by atoms with E-state index in [9.17, 15) is 4.79 Å². The van der Waals surface area contributed by atoms with Crippen molar-refractivity contribution >= 4 is 5.91 Å². The van der Waals surface area contributed by atoms with E-state index in [0.29, 0.717) is 12.0 Å². The summed E-state index contributed by atoms with van der Waals surface area (Å²) in [6.45, 7) is 7.74. The first-order valence-electron chi connectivity index (χ1n) is 9.30. The van der Waals surface area contributed by atoms with Gasteiger partial charge in [0.1, 0.15) is 0 Å². The van der Waals surface area contributed by atoms with Crippen LogP contribution in [0.15, 0.2) is 24.5 Å². The van der Waals surface area contributed by atoms with Gasteiger partial charge in [-0.05, 0) is 38.6 Å². The number of aromatic nitrogens is 1. The van der Waals surface area contributed by atoms with Gasteiger partial charge in [0.2, 0.25) is 5.91 Å². The van der Waals surface area contributed by atoms with Crippen LogP contribution < -0.4 is 5.32 Å². The van der Waals surface area contributed by atoms with E-state index in [1.165, 1.54) is 12.8 Å². The van der Waals surface area contributed by atoms with Gasteiger partial charge in [0.05, 0.1) is 6.54 Å². The number of carbonyl (C=O) groups is 1. The van der Waals surface area contributed by atoms with E-state index in [-0.39, 0.29) is 5.91 Å². The second-order valence-electron chi connectivity index (χ2n) is 7.89. The number of nitrogens with one attached hydrogen (secondary N) is 1. The average molecular weight is 345 g/mol. The predicted octanol–water partition coefficient (Wildman–Crippen LogP) is 0.657. The topological polar surface area (TPSA) is 51.7 Å². The molecular formula is C19H31N5O. The minimum atomic E-state index is 0.121. The van der Waals surface area contributed by atoms with Crippen molar-refractivity contribution in [1.82, 2.24) is 25.0 Å². The van der Waals surface area contributed by atoms with Crippen molar-refractivity contribution in [3.63, 3.8) is 0 Å². The number of rotatable bonds is 8. The van der Waals surface area contributed by atoms with Crippen molar-refractivity contribution in [2.75, 3.05) is 59.9 Å². The second-order valence-corrected chi connectivity index (χ2v) is 7.89. The molecule has 0 spiro atoms. The summed E-state index contributed by atoms with van der Waals surface area (Å²) in [5, 5.41) is 3.17. The number of likely N-dealkylation sites (N-methyl/N-ethyl adjacent to an activating group) is 2. The summed E-state index contributed by atoms with van der Waals surface area (Å²) < 4.78 is 0. The minimum absolute atomic E-state index is 0.121. The Kier molecular flexibility index (Phi) is 6.04. The van der Waals surface area contributed by atoms with Crippen molar-refractivity contribution in [3.05, 3.63) is 30.1 Å². The molecule has 0 bridgehead atoms. The molecule has 1 aliphatic carbocycles. The highest BCUT2D eigenvalue weighted by atomic mass is 16.2. The van der Waals surface area contributed by atoms with Crippen LogP contribution in [0, 0.1) is 5.41 Å². The molecule has 0 unspecified atom stereocenters. The molecule has 138 valence electrons. The fourth-order valence-corrected chi connectivity index (χ4v) is 3.49. The fourth-order valence-electron chi connectivity index (χ4n) is 3.49. The lowest BCUT2D eigenvalue weighted by Gasteiger charge is -2.35. The van der Waals surface area contributed by atoms with E-state index in [1.807, 2.05) is 30.3 Å². The van der Waals surface area contributed by atoms with Crippen LogP contribution in [0.2, 0.25) is 0 Å². The molecule has 0 radical (unpaired) electrons. The van der Waals surface area contributed by atoms with Gasteiger partial charge in [0.15, 0.2) is 0 Å². The molecule has 1 aromatic rings. The highest BCUT2D eigenvalue weighted by Gasteiger charge is 2.44. The molecule has 2 fully saturated rings. The largest absolute Gasteiger partial charge is 0.354 e. The zero-order chi connectivity index (χ0) is 17.7. The summed E-state index contributed by atoms with van der Waals surface area (Å²) in [7, 11) is 4.16. The van der Waals surface area contributed by atoms with E-state index >= 15 is 0 Å². The maximum atomic E-state index is 12.3. The third kappa shape index (κ3) is 5.76. The third-order valence-corrected chi connectivity index (χ3v) is 5.36. The van der Waals surface area contributed by atoms with Crippen molar-refractivity contribution in [1.29, 1.82) is 0 Å². The number of hydrogen-bond donors (Lipinski definition) is 1. The van der Waals surface area contributed by atoms with Crippen LogP contribution in [0.3, 0.4) is 0 Å². The van der Waals surface area contributed by atoms with Gasteiger partial charge in [-0.1, -0.05) is 6.07 Å². The second kappa shape index (κ2) is 8.25. The monoisotopic (exact) mass is 345 g/mol. The Hall–Kier alpha value is -1.50. The molecule has 1 amide bonds. The van der Waals surface area contributed by atoms with Gasteiger partial charge in [-0.25, -0.2) is 0 Å². The van der Waals surface area contributed by atoms with Crippen LogP contribution in [0.4, 0.5) is 0 Å². The van der Waals surface area contributed by atoms with Crippen molar-refractivity contribution < 1.29 is 4.79 Å². The summed E-state index contributed by atoms with van der Waals surface area (Å²) in [6, 6.07) is 3.97. The first-order valence-corrected chi connectivity index (χ1v) is 9.30. The molecule has 1 N–H and O–H groups in total. The van der Waals surface area contributed by atoms with Gasteiger partial charge in [0, 0.05) is 63.6 Å². The Balaban J connectivity index is 1.37. The van der Waals surface area contributed by atoms with Gasteiger partial charge < -0.3 is 15.1 Å². The fraction of sp³-hybridized carbons (Fsp3) is 0.684. The standard InChI is InChI=1S/C19H31N5O/c1-22-8-10-24(11-9-22)16-19(5-6-19)15-21-18(25)14-23(2)13-17-4-3-7-20-12-17/h3-4,7,12H,5-6,8-11,13-16H2,1-2H3,(H,21,25). The Bertz CT molecular complexity index is 552. The molecule has 6 nitrogen and oxygen atoms in total. The zero-order valence-corrected chi connectivity index (χ0v) is 15.6. The van der Waals surface area contributed by atoms with Crippen LogP contribution in [0.5, 0.6) is 0 Å². The summed E-state index contributed by atoms with van der Waals surface area (Å²) in [5.74, 6) is 0.121. The van der Waals surface area contributed by atoms with Crippen LogP contribution >= 0.6 is 0 Å². The van der Waals surface area contributed by atoms with Gasteiger partial charge in [-0.15, -0.1) is 0 Å². The summed E-state index contributed by atoms with van der Waals surface area (Å²) in [5.41, 5.74) is 1.46. The Labute approximate surface area is 151 Å². The molecule has 0 aromatic carbocycles. The molecule has 2 heterocycles. The number of hydrogen-bond acceptors (Lipinski definition) is 5. The first kappa shape index (κ1) is 18.3. The van der Waals surface area contributed by atoms with E-state index in [0.717, 1.165) is 51.4 Å². The number of pyridine rings is 1. The minimum Gasteiger partial charge on any atom is -0.354 e. The number of piperazine rings is 1. The molecule has 6 heteroatoms. The molecule has 1 aromatic heterocycles. The van der Waals surface area contributed by atoms with E-state index in [2.05, 4.69) is 27.1 Å². The maximum Gasteiger partial charge on any atom is 0.234 e. The lowest BCUT2D eigenvalue weighted by Crippen LogP contribution is -2.48. The molecule has 1 saturated carbocycles. The summed E-state index contributed by atoms with van der Waals surface area (Å²) in [4.78, 5) is 23.4. The van der Waals surface area contributed by atoms with Crippen molar-refractivity contribution in [3.8, 4) is 0 Å². The van der Waals surface area contributed by atoms with Crippen LogP contribution in [0.1, 0.15) is 18.4 Å². The van der Waals surface area contributed by atoms with Crippen molar-refractivity contribution in [2.24, 2.45) is 5.41 Å². The quantitative estimate of drug-likeness (QED) is 0.750. The van der Waals surface area contributed by atoms with Gasteiger partial charge in [0.25, 0.3) is 0 Å². The maximum absolute atomic E-state index is 12.3. The zero-order valence-electron chi connectivity index (χ0n) is 15.6. The van der Waals surface area contributed by atoms with Gasteiger partial charge in [-0.3, -0.25) is 14.7 Å². The average Bonchev–Trinajstić information content (AvgIpc) is 3.36. The lowest BCUT2D eigenvalue weighted by atomic mass is 10.1. The van der Waals surface area contributed by atoms with Gasteiger partial charge >= 0.3 is 0 Å². The molecule has 25 heavy (non-hydrogen) atoms. The Morgan fingerprint density at radius 1 is 1.32 bits per heavy atom. The van der Waals surface area contributed by atoms with Crippen LogP contribution in [-0.2, 0) is 11.3 Å². The summed E-state index contributed by atoms with van der Waals surface area (Å²) in [6.07, 6.45) is 6.10. The first-order chi connectivity index (χ1) is 12.0. The van der Waals surface area contributed by atoms with Crippen molar-refractivity contribution in [2.45, 2.75) is 19.4 Å².